The molecule has 2 aromatic rings. The van der Waals surface area contributed by atoms with Crippen LogP contribution in [0.5, 0.6) is 5.75 Å². The van der Waals surface area contributed by atoms with Crippen LogP contribution < -0.4 is 4.74 Å². The van der Waals surface area contributed by atoms with Gasteiger partial charge in [0.15, 0.2) is 5.78 Å². The molecule has 0 heterocycles. The first-order valence-corrected chi connectivity index (χ1v) is 7.01. The molecule has 0 bridgehead atoms. The van der Waals surface area contributed by atoms with E-state index >= 15 is 0 Å². The molecule has 2 nitrogen and oxygen atoms in total. The van der Waals surface area contributed by atoms with Crippen molar-refractivity contribution in [1.29, 1.82) is 0 Å². The number of Topliss-reactive ketones (excluding diaryl/α,β-unsaturated/α-hetero) is 1. The number of carbonyl (C=O) groups excluding carboxylic acids is 1. The van der Waals surface area contributed by atoms with Gasteiger partial charge in [0.05, 0.1) is 18.1 Å². The van der Waals surface area contributed by atoms with E-state index in [9.17, 15) is 4.79 Å². The lowest BCUT2D eigenvalue weighted by molar-refractivity contribution is 0.0785. The molecule has 0 aliphatic heterocycles. The van der Waals surface area contributed by atoms with Crippen LogP contribution in [0.1, 0.15) is 35.2 Å². The average molecular weight is 266 g/mol. The Kier molecular flexibility index (Phi) is 3.31. The largest absolute Gasteiger partial charge is 0.496 e. The van der Waals surface area contributed by atoms with Gasteiger partial charge in [0, 0.05) is 0 Å². The minimum Gasteiger partial charge on any atom is -0.496 e. The Hall–Kier alpha value is -2.09. The summed E-state index contributed by atoms with van der Waals surface area (Å²) in [6, 6.07) is 17.6. The molecular weight excluding hydrogens is 248 g/mol. The number of hydrogen-bond donors (Lipinski definition) is 0. The van der Waals surface area contributed by atoms with Gasteiger partial charge in [-0.15, -0.1) is 0 Å². The Bertz CT molecular complexity index is 612. The van der Waals surface area contributed by atoms with Crippen molar-refractivity contribution in [3.05, 3.63) is 65.7 Å². The fraction of sp³-hybridized carbons (Fsp3) is 0.278. The summed E-state index contributed by atoms with van der Waals surface area (Å²) >= 11 is 0. The summed E-state index contributed by atoms with van der Waals surface area (Å²) in [6.45, 7) is 0. The van der Waals surface area contributed by atoms with Crippen LogP contribution in [0.3, 0.4) is 0 Å². The minimum atomic E-state index is -0.351. The molecule has 1 saturated carbocycles. The number of ether oxygens (including phenoxy) is 1. The van der Waals surface area contributed by atoms with E-state index < -0.39 is 0 Å². The van der Waals surface area contributed by atoms with E-state index in [1.54, 1.807) is 7.11 Å². The van der Waals surface area contributed by atoms with Gasteiger partial charge < -0.3 is 4.74 Å². The van der Waals surface area contributed by atoms with E-state index in [0.29, 0.717) is 11.3 Å². The number of hydrogen-bond acceptors (Lipinski definition) is 2. The average Bonchev–Trinajstić information content (AvgIpc) is 2.47. The Morgan fingerprint density at radius 1 is 1.00 bits per heavy atom. The zero-order chi connectivity index (χ0) is 14.0. The topological polar surface area (TPSA) is 26.3 Å². The first kappa shape index (κ1) is 12.9. The lowest BCUT2D eigenvalue weighted by Gasteiger charge is -2.41. The van der Waals surface area contributed by atoms with Crippen LogP contribution in [0.15, 0.2) is 54.6 Å². The summed E-state index contributed by atoms with van der Waals surface area (Å²) in [5.74, 6) is 0.854. The van der Waals surface area contributed by atoms with E-state index in [2.05, 4.69) is 12.1 Å². The summed E-state index contributed by atoms with van der Waals surface area (Å²) < 4.78 is 5.35. The van der Waals surface area contributed by atoms with Crippen molar-refractivity contribution in [2.75, 3.05) is 7.11 Å². The maximum absolute atomic E-state index is 13.0. The molecule has 3 rings (SSSR count). The molecule has 2 heteroatoms. The van der Waals surface area contributed by atoms with E-state index in [4.69, 9.17) is 4.74 Å². The summed E-state index contributed by atoms with van der Waals surface area (Å²) in [6.07, 6.45) is 2.96. The highest BCUT2D eigenvalue weighted by molar-refractivity contribution is 6.06. The molecule has 0 spiro atoms. The number of para-hydroxylation sites is 1. The highest BCUT2D eigenvalue weighted by atomic mass is 16.5. The fourth-order valence-corrected chi connectivity index (χ4v) is 3.02. The SMILES string of the molecule is COc1ccccc1C(=O)C1(c2ccccc2)CCC1. The zero-order valence-corrected chi connectivity index (χ0v) is 11.6. The molecule has 0 N–H and O–H groups in total. The van der Waals surface area contributed by atoms with Crippen LogP contribution in [-0.2, 0) is 5.41 Å². The van der Waals surface area contributed by atoms with Crippen molar-refractivity contribution in [3.63, 3.8) is 0 Å². The van der Waals surface area contributed by atoms with Gasteiger partial charge in [-0.05, 0) is 30.5 Å². The Morgan fingerprint density at radius 2 is 1.65 bits per heavy atom. The number of methoxy groups -OCH3 is 1. The maximum atomic E-state index is 13.0. The van der Waals surface area contributed by atoms with Gasteiger partial charge >= 0.3 is 0 Å². The Morgan fingerprint density at radius 3 is 2.25 bits per heavy atom. The number of ketones is 1. The number of benzene rings is 2. The van der Waals surface area contributed by atoms with Gasteiger partial charge in [-0.1, -0.05) is 48.9 Å². The molecule has 0 unspecified atom stereocenters. The standard InChI is InChI=1S/C18H18O2/c1-20-16-11-6-5-10-15(16)17(19)18(12-7-13-18)14-8-3-2-4-9-14/h2-6,8-11H,7,12-13H2,1H3. The third-order valence-electron chi connectivity index (χ3n) is 4.32. The van der Waals surface area contributed by atoms with Gasteiger partial charge in [-0.2, -0.15) is 0 Å². The van der Waals surface area contributed by atoms with Crippen LogP contribution in [-0.4, -0.2) is 12.9 Å². The molecule has 0 amide bonds. The highest BCUT2D eigenvalue weighted by Crippen LogP contribution is 2.47. The third-order valence-corrected chi connectivity index (χ3v) is 4.32. The lowest BCUT2D eigenvalue weighted by Crippen LogP contribution is -2.42. The molecule has 0 saturated heterocycles. The molecule has 0 radical (unpaired) electrons. The second-order valence-corrected chi connectivity index (χ2v) is 5.33. The predicted octanol–water partition coefficient (Wildman–Crippen LogP) is 4.00. The number of rotatable bonds is 4. The van der Waals surface area contributed by atoms with Crippen LogP contribution >= 0.6 is 0 Å². The van der Waals surface area contributed by atoms with Crippen molar-refractivity contribution >= 4 is 5.78 Å². The van der Waals surface area contributed by atoms with Crippen molar-refractivity contribution in [2.45, 2.75) is 24.7 Å². The zero-order valence-electron chi connectivity index (χ0n) is 11.6. The fourth-order valence-electron chi connectivity index (χ4n) is 3.02. The van der Waals surface area contributed by atoms with Crippen molar-refractivity contribution < 1.29 is 9.53 Å². The van der Waals surface area contributed by atoms with Gasteiger partial charge in [-0.3, -0.25) is 4.79 Å². The van der Waals surface area contributed by atoms with Crippen molar-refractivity contribution in [1.82, 2.24) is 0 Å². The van der Waals surface area contributed by atoms with Crippen LogP contribution in [0, 0.1) is 0 Å². The van der Waals surface area contributed by atoms with E-state index in [-0.39, 0.29) is 11.2 Å². The smallest absolute Gasteiger partial charge is 0.177 e. The summed E-state index contributed by atoms with van der Waals surface area (Å²) in [7, 11) is 1.61. The first-order valence-electron chi connectivity index (χ1n) is 7.01. The van der Waals surface area contributed by atoms with E-state index in [1.807, 2.05) is 42.5 Å². The molecule has 20 heavy (non-hydrogen) atoms. The Balaban J connectivity index is 2.04. The van der Waals surface area contributed by atoms with Crippen LogP contribution in [0.25, 0.3) is 0 Å². The molecular formula is C18H18O2. The summed E-state index contributed by atoms with van der Waals surface area (Å²) in [5, 5.41) is 0. The van der Waals surface area contributed by atoms with Gasteiger partial charge in [0.2, 0.25) is 0 Å². The molecule has 1 aliphatic rings. The number of carbonyl (C=O) groups is 1. The molecule has 2 aromatic carbocycles. The lowest BCUT2D eigenvalue weighted by atomic mass is 9.60. The van der Waals surface area contributed by atoms with Crippen LogP contribution in [0.2, 0.25) is 0 Å². The van der Waals surface area contributed by atoms with Crippen molar-refractivity contribution in [3.8, 4) is 5.75 Å². The van der Waals surface area contributed by atoms with Crippen LogP contribution in [0.4, 0.5) is 0 Å². The normalized spacial score (nSPS) is 16.2. The summed E-state index contributed by atoms with van der Waals surface area (Å²) in [4.78, 5) is 13.0. The van der Waals surface area contributed by atoms with E-state index in [0.717, 1.165) is 24.8 Å². The molecule has 1 aliphatic carbocycles. The second-order valence-electron chi connectivity index (χ2n) is 5.33. The first-order chi connectivity index (χ1) is 9.78. The van der Waals surface area contributed by atoms with Gasteiger partial charge in [0.1, 0.15) is 5.75 Å². The minimum absolute atomic E-state index is 0.187. The van der Waals surface area contributed by atoms with Gasteiger partial charge in [-0.25, -0.2) is 0 Å². The molecule has 1 fully saturated rings. The maximum Gasteiger partial charge on any atom is 0.177 e. The molecule has 0 atom stereocenters. The predicted molar refractivity (Wildman–Crippen MR) is 79.3 cm³/mol. The molecule has 0 aromatic heterocycles. The quantitative estimate of drug-likeness (QED) is 0.782. The molecule has 102 valence electrons. The monoisotopic (exact) mass is 266 g/mol. The third kappa shape index (κ3) is 1.92. The summed E-state index contributed by atoms with van der Waals surface area (Å²) in [5.41, 5.74) is 1.47. The van der Waals surface area contributed by atoms with Crippen molar-refractivity contribution in [2.24, 2.45) is 0 Å². The second kappa shape index (κ2) is 5.12. The Labute approximate surface area is 119 Å². The van der Waals surface area contributed by atoms with E-state index in [1.165, 1.54) is 0 Å². The highest BCUT2D eigenvalue weighted by Gasteiger charge is 2.46. The van der Waals surface area contributed by atoms with Gasteiger partial charge in [0.25, 0.3) is 0 Å².